The average Bonchev–Trinajstić information content (AvgIpc) is 3.83. The van der Waals surface area contributed by atoms with Gasteiger partial charge >= 0.3 is 18.0 Å². The summed E-state index contributed by atoms with van der Waals surface area (Å²) in [5.74, 6) is -2.64. The molecule has 16 nitrogen and oxygen atoms in total. The highest BCUT2D eigenvalue weighted by Gasteiger charge is 2.61. The Balaban J connectivity index is 1.21. The molecular formula is C41H49ClN6O10S. The molecule has 0 radical (unpaired) electrons. The number of likely N-dealkylation sites (tertiary alicyclic amines) is 1. The van der Waals surface area contributed by atoms with E-state index in [-0.39, 0.29) is 53.6 Å². The number of fused-ring (bicyclic) bond motifs is 2. The maximum Gasteiger partial charge on any atom is 0.408 e. The number of rotatable bonds is 15. The number of thiazole rings is 1. The first-order valence-electron chi connectivity index (χ1n) is 19.7. The molecule has 18 heteroatoms. The van der Waals surface area contributed by atoms with E-state index in [1.165, 1.54) is 28.4 Å². The van der Waals surface area contributed by atoms with E-state index in [0.717, 1.165) is 19.3 Å². The van der Waals surface area contributed by atoms with Crippen molar-refractivity contribution in [1.82, 2.24) is 25.5 Å². The second kappa shape index (κ2) is 16.1. The van der Waals surface area contributed by atoms with Gasteiger partial charge in [0.05, 0.1) is 17.8 Å². The maximum absolute atomic E-state index is 14.7. The van der Waals surface area contributed by atoms with Gasteiger partial charge in [-0.2, -0.15) is 0 Å². The first-order valence-corrected chi connectivity index (χ1v) is 20.9. The number of pyridine rings is 1. The SMILES string of the molecule is C=C[C@@H]1C[C@]1(NC(=O)C1C[C@@H](Oc2cc(-c3csc(NC(C)C)n3)nc3c(Cl)c(OCC(=O)O)ccc23)CN1C(=O)[C@@H](NC(=O)O[C@@H]1C[C@@H]2C[C@@H]2C1)C(C)(C)C)C(=O)O. The highest BCUT2D eigenvalue weighted by atomic mass is 35.5. The molecule has 5 N–H and O–H groups in total. The molecular weight excluding hydrogens is 804 g/mol. The Hall–Kier alpha value is -5.16. The molecule has 8 atom stereocenters. The normalized spacial score (nSPS) is 26.1. The van der Waals surface area contributed by atoms with Crippen LogP contribution in [0.2, 0.25) is 5.02 Å². The number of carboxylic acid groups (broad SMARTS) is 2. The molecule has 3 amide bonds. The Kier molecular flexibility index (Phi) is 11.5. The van der Waals surface area contributed by atoms with Crippen molar-refractivity contribution in [2.24, 2.45) is 23.2 Å². The number of carbonyl (C=O) groups excluding carboxylic acids is 3. The second-order valence-corrected chi connectivity index (χ2v) is 18.5. The Morgan fingerprint density at radius 2 is 1.78 bits per heavy atom. The zero-order chi connectivity index (χ0) is 42.6. The van der Waals surface area contributed by atoms with E-state index in [1.54, 1.807) is 32.9 Å². The molecule has 4 fully saturated rings. The number of nitrogens with one attached hydrogen (secondary N) is 3. The lowest BCUT2D eigenvalue weighted by atomic mass is 9.85. The molecule has 1 unspecified atom stereocenters. The van der Waals surface area contributed by atoms with Crippen molar-refractivity contribution >= 4 is 68.8 Å². The molecule has 0 spiro atoms. The molecule has 1 aromatic carbocycles. The number of anilines is 1. The molecule has 3 heterocycles. The predicted molar refractivity (Wildman–Crippen MR) is 219 cm³/mol. The van der Waals surface area contributed by atoms with Gasteiger partial charge in [-0.05, 0) is 68.9 Å². The van der Waals surface area contributed by atoms with Crippen LogP contribution in [0.4, 0.5) is 9.93 Å². The Bertz CT molecular complexity index is 2180. The van der Waals surface area contributed by atoms with Crippen LogP contribution in [0.3, 0.4) is 0 Å². The zero-order valence-electron chi connectivity index (χ0n) is 33.5. The van der Waals surface area contributed by atoms with Crippen molar-refractivity contribution < 1.29 is 48.4 Å². The number of alkyl carbamates (subject to hydrolysis) is 1. The first-order chi connectivity index (χ1) is 27.9. The maximum atomic E-state index is 14.7. The number of hydrogen-bond donors (Lipinski definition) is 5. The van der Waals surface area contributed by atoms with Crippen molar-refractivity contribution in [2.45, 2.75) is 103 Å². The van der Waals surface area contributed by atoms with Crippen LogP contribution < -0.4 is 25.4 Å². The number of carboxylic acids is 2. The van der Waals surface area contributed by atoms with E-state index in [0.29, 0.717) is 33.7 Å². The van der Waals surface area contributed by atoms with Gasteiger partial charge in [0, 0.05) is 35.2 Å². The Morgan fingerprint density at radius 3 is 2.41 bits per heavy atom. The lowest BCUT2D eigenvalue weighted by molar-refractivity contribution is -0.146. The van der Waals surface area contributed by atoms with Crippen LogP contribution in [0.15, 0.2) is 36.2 Å². The minimum Gasteiger partial charge on any atom is -0.488 e. The number of benzene rings is 1. The second-order valence-electron chi connectivity index (χ2n) is 17.3. The summed E-state index contributed by atoms with van der Waals surface area (Å²) in [6, 6.07) is 2.60. The molecule has 3 aromatic rings. The number of carbonyl (C=O) groups is 5. The quantitative estimate of drug-likeness (QED) is 0.116. The molecule has 0 bridgehead atoms. The van der Waals surface area contributed by atoms with Gasteiger partial charge in [0.25, 0.3) is 0 Å². The third kappa shape index (κ3) is 8.91. The van der Waals surface area contributed by atoms with Crippen molar-refractivity contribution in [3.8, 4) is 22.9 Å². The summed E-state index contributed by atoms with van der Waals surface area (Å²) >= 11 is 8.18. The van der Waals surface area contributed by atoms with E-state index in [1.807, 2.05) is 19.2 Å². The van der Waals surface area contributed by atoms with Crippen LogP contribution in [0.1, 0.15) is 66.7 Å². The molecule has 3 saturated carbocycles. The molecule has 2 aromatic heterocycles. The van der Waals surface area contributed by atoms with Crippen LogP contribution in [0.5, 0.6) is 11.5 Å². The van der Waals surface area contributed by atoms with E-state index < -0.39 is 71.5 Å². The van der Waals surface area contributed by atoms with E-state index in [4.69, 9.17) is 30.8 Å². The molecule has 1 aliphatic heterocycles. The standard InChI is InChI=1S/C41H49ClN6O10S/c1-7-22-15-41(22,37(53)54)47-35(51)28-13-24(16-48(28)36(52)34(40(4,5)6)46-39(55)58-23-11-20-10-21(20)12-23)57-30-14-26(27-18-59-38(45-27)43-19(2)3)44-33-25(30)8-9-29(32(33)42)56-17-31(49)50/h7-9,14,18-24,28,34H,1,10-13,15-17H2,2-6H3,(H,43,45)(H,46,55)(H,47,51)(H,49,50)(H,53,54)/t20-,21+,22-,23+,24-,28?,34-,41-/m1/s1. The van der Waals surface area contributed by atoms with E-state index >= 15 is 0 Å². The van der Waals surface area contributed by atoms with E-state index in [9.17, 15) is 34.2 Å². The topological polar surface area (TPSA) is 219 Å². The summed E-state index contributed by atoms with van der Waals surface area (Å²) in [5, 5.41) is 31.0. The number of aliphatic carboxylic acids is 2. The molecule has 3 aliphatic carbocycles. The fourth-order valence-corrected chi connectivity index (χ4v) is 9.25. The highest BCUT2D eigenvalue weighted by Crippen LogP contribution is 2.52. The molecule has 59 heavy (non-hydrogen) atoms. The fourth-order valence-electron chi connectivity index (χ4n) is 8.14. The number of aromatic nitrogens is 2. The monoisotopic (exact) mass is 852 g/mol. The molecule has 7 rings (SSSR count). The van der Waals surface area contributed by atoms with Crippen LogP contribution in [0, 0.1) is 23.2 Å². The molecule has 4 aliphatic rings. The van der Waals surface area contributed by atoms with Gasteiger partial charge in [0.15, 0.2) is 11.7 Å². The first kappa shape index (κ1) is 42.0. The zero-order valence-corrected chi connectivity index (χ0v) is 35.0. The van der Waals surface area contributed by atoms with Crippen molar-refractivity contribution in [3.63, 3.8) is 0 Å². The Morgan fingerprint density at radius 1 is 1.05 bits per heavy atom. The smallest absolute Gasteiger partial charge is 0.408 e. The molecule has 316 valence electrons. The summed E-state index contributed by atoms with van der Waals surface area (Å²) in [6.45, 7) is 12.3. The van der Waals surface area contributed by atoms with Gasteiger partial charge < -0.3 is 45.3 Å². The summed E-state index contributed by atoms with van der Waals surface area (Å²) in [7, 11) is 0. The predicted octanol–water partition coefficient (Wildman–Crippen LogP) is 5.73. The minimum atomic E-state index is -1.57. The van der Waals surface area contributed by atoms with Gasteiger partial charge in [-0.3, -0.25) is 9.59 Å². The number of halogens is 1. The van der Waals surface area contributed by atoms with Gasteiger partial charge in [0.1, 0.15) is 52.0 Å². The fraction of sp³-hybridized carbons (Fsp3) is 0.537. The summed E-state index contributed by atoms with van der Waals surface area (Å²) in [6.07, 6.45) is 2.56. The van der Waals surface area contributed by atoms with Crippen molar-refractivity contribution in [2.75, 3.05) is 18.5 Å². The lowest BCUT2D eigenvalue weighted by Crippen LogP contribution is -2.59. The highest BCUT2D eigenvalue weighted by molar-refractivity contribution is 7.14. The molecule has 1 saturated heterocycles. The number of amides is 3. The van der Waals surface area contributed by atoms with Crippen LogP contribution in [-0.4, -0.2) is 104 Å². The van der Waals surface area contributed by atoms with Gasteiger partial charge in [-0.15, -0.1) is 17.9 Å². The minimum absolute atomic E-state index is 0.0347. The van der Waals surface area contributed by atoms with Crippen molar-refractivity contribution in [3.05, 3.63) is 41.3 Å². The third-order valence-corrected chi connectivity index (χ3v) is 12.5. The largest absolute Gasteiger partial charge is 0.488 e. The Labute approximate surface area is 350 Å². The van der Waals surface area contributed by atoms with Crippen LogP contribution in [0.25, 0.3) is 22.3 Å². The lowest BCUT2D eigenvalue weighted by Gasteiger charge is -2.35. The average molecular weight is 853 g/mol. The summed E-state index contributed by atoms with van der Waals surface area (Å²) in [5.41, 5.74) is -1.29. The summed E-state index contributed by atoms with van der Waals surface area (Å²) in [4.78, 5) is 76.7. The number of hydrogen-bond acceptors (Lipinski definition) is 12. The number of nitrogens with zero attached hydrogens (tertiary/aromatic N) is 3. The van der Waals surface area contributed by atoms with Gasteiger partial charge in [0.2, 0.25) is 11.8 Å². The number of ether oxygens (including phenoxy) is 3. The summed E-state index contributed by atoms with van der Waals surface area (Å²) < 4.78 is 17.9. The third-order valence-electron chi connectivity index (χ3n) is 11.4. The van der Waals surface area contributed by atoms with Crippen LogP contribution in [-0.2, 0) is 23.9 Å². The van der Waals surface area contributed by atoms with Gasteiger partial charge in [-0.25, -0.2) is 24.4 Å². The van der Waals surface area contributed by atoms with Crippen LogP contribution >= 0.6 is 22.9 Å². The van der Waals surface area contributed by atoms with E-state index in [2.05, 4.69) is 27.5 Å². The van der Waals surface area contributed by atoms with Gasteiger partial charge in [-0.1, -0.05) is 38.4 Å². The van der Waals surface area contributed by atoms with Crippen molar-refractivity contribution in [1.29, 1.82) is 0 Å².